The van der Waals surface area contributed by atoms with Crippen LogP contribution in [0.4, 0.5) is 0 Å². The minimum Gasteiger partial charge on any atom is -0.497 e. The van der Waals surface area contributed by atoms with Gasteiger partial charge in [0.25, 0.3) is 0 Å². The summed E-state index contributed by atoms with van der Waals surface area (Å²) >= 11 is 0. The molecule has 2 atom stereocenters. The maximum absolute atomic E-state index is 12.9. The molecule has 4 heteroatoms. The van der Waals surface area contributed by atoms with Crippen molar-refractivity contribution >= 4 is 5.91 Å². The van der Waals surface area contributed by atoms with Gasteiger partial charge in [-0.2, -0.15) is 0 Å². The molecule has 1 aliphatic rings. The normalized spacial score (nSPS) is 23.2. The number of amides is 1. The molecule has 0 aromatic heterocycles. The molecule has 122 valence electrons. The number of benzene rings is 1. The van der Waals surface area contributed by atoms with Crippen molar-refractivity contribution in [3.8, 4) is 5.75 Å². The van der Waals surface area contributed by atoms with Crippen LogP contribution in [0.1, 0.15) is 44.6 Å². The molecule has 1 aromatic rings. The predicted octanol–water partition coefficient (Wildman–Crippen LogP) is 2.81. The number of ether oxygens (including phenoxy) is 1. The first-order valence-corrected chi connectivity index (χ1v) is 8.06. The Morgan fingerprint density at radius 2 is 2.09 bits per heavy atom. The van der Waals surface area contributed by atoms with Crippen molar-refractivity contribution < 1.29 is 14.6 Å². The summed E-state index contributed by atoms with van der Waals surface area (Å²) < 4.78 is 5.18. The van der Waals surface area contributed by atoms with E-state index in [0.29, 0.717) is 6.54 Å². The van der Waals surface area contributed by atoms with Crippen molar-refractivity contribution in [1.29, 1.82) is 0 Å². The fraction of sp³-hybridized carbons (Fsp3) is 0.611. The van der Waals surface area contributed by atoms with Crippen LogP contribution in [0.25, 0.3) is 0 Å². The average Bonchev–Trinajstić information content (AvgIpc) is 2.56. The second-order valence-electron chi connectivity index (χ2n) is 6.57. The molecule has 4 nitrogen and oxygen atoms in total. The Morgan fingerprint density at radius 3 is 2.64 bits per heavy atom. The second-order valence-corrected chi connectivity index (χ2v) is 6.57. The maximum atomic E-state index is 12.9. The summed E-state index contributed by atoms with van der Waals surface area (Å²) in [4.78, 5) is 14.8. The van der Waals surface area contributed by atoms with E-state index in [1.165, 1.54) is 0 Å². The molecule has 1 saturated heterocycles. The van der Waals surface area contributed by atoms with Gasteiger partial charge < -0.3 is 14.7 Å². The van der Waals surface area contributed by atoms with Gasteiger partial charge in [0.2, 0.25) is 5.91 Å². The lowest BCUT2D eigenvalue weighted by Gasteiger charge is -2.40. The summed E-state index contributed by atoms with van der Waals surface area (Å²) in [6, 6.07) is 7.75. The Kier molecular flexibility index (Phi) is 5.46. The number of likely N-dealkylation sites (tertiary alicyclic amines) is 1. The van der Waals surface area contributed by atoms with E-state index < -0.39 is 0 Å². The number of rotatable bonds is 5. The van der Waals surface area contributed by atoms with E-state index in [0.717, 1.165) is 37.1 Å². The second kappa shape index (κ2) is 7.14. The summed E-state index contributed by atoms with van der Waals surface area (Å²) in [6.45, 7) is 5.68. The van der Waals surface area contributed by atoms with Gasteiger partial charge in [0.1, 0.15) is 5.75 Å². The van der Waals surface area contributed by atoms with E-state index in [-0.39, 0.29) is 23.8 Å². The topological polar surface area (TPSA) is 49.8 Å². The highest BCUT2D eigenvalue weighted by Gasteiger charge is 2.34. The molecule has 0 aliphatic carbocycles. The van der Waals surface area contributed by atoms with Crippen LogP contribution >= 0.6 is 0 Å². The van der Waals surface area contributed by atoms with Crippen LogP contribution in [0.3, 0.4) is 0 Å². The number of aliphatic hydroxyl groups excluding tert-OH is 1. The van der Waals surface area contributed by atoms with Crippen LogP contribution < -0.4 is 4.74 Å². The monoisotopic (exact) mass is 305 g/mol. The lowest BCUT2D eigenvalue weighted by atomic mass is 9.82. The van der Waals surface area contributed by atoms with Crippen LogP contribution in [-0.2, 0) is 4.79 Å². The predicted molar refractivity (Wildman–Crippen MR) is 87.0 cm³/mol. The molecule has 1 aromatic carbocycles. The largest absolute Gasteiger partial charge is 0.497 e. The molecule has 1 heterocycles. The first kappa shape index (κ1) is 16.8. The number of carbonyl (C=O) groups is 1. The average molecular weight is 305 g/mol. The molecular formula is C18H27NO3. The van der Waals surface area contributed by atoms with Gasteiger partial charge >= 0.3 is 0 Å². The number of aliphatic hydroxyl groups is 1. The molecule has 0 bridgehead atoms. The third kappa shape index (κ3) is 3.61. The van der Waals surface area contributed by atoms with Crippen molar-refractivity contribution in [3.05, 3.63) is 29.8 Å². The molecule has 22 heavy (non-hydrogen) atoms. The highest BCUT2D eigenvalue weighted by atomic mass is 16.5. The smallest absolute Gasteiger partial charge is 0.230 e. The van der Waals surface area contributed by atoms with Crippen LogP contribution in [-0.4, -0.2) is 42.7 Å². The molecule has 0 spiro atoms. The zero-order valence-corrected chi connectivity index (χ0v) is 13.8. The van der Waals surface area contributed by atoms with Gasteiger partial charge in [-0.3, -0.25) is 4.79 Å². The summed E-state index contributed by atoms with van der Waals surface area (Å²) in [6.07, 6.45) is 2.71. The third-order valence-electron chi connectivity index (χ3n) is 4.70. The van der Waals surface area contributed by atoms with Gasteiger partial charge in [-0.25, -0.2) is 0 Å². The number of piperidine rings is 1. The van der Waals surface area contributed by atoms with Crippen molar-refractivity contribution in [1.82, 2.24) is 4.90 Å². The molecule has 1 amide bonds. The zero-order chi connectivity index (χ0) is 16.2. The summed E-state index contributed by atoms with van der Waals surface area (Å²) in [5.74, 6) is 0.857. The molecule has 0 radical (unpaired) electrons. The number of methoxy groups -OCH3 is 1. The highest BCUT2D eigenvalue weighted by Crippen LogP contribution is 2.32. The quantitative estimate of drug-likeness (QED) is 0.910. The lowest BCUT2D eigenvalue weighted by molar-refractivity contribution is -0.136. The van der Waals surface area contributed by atoms with Gasteiger partial charge in [0.05, 0.1) is 19.6 Å². The first-order chi connectivity index (χ1) is 10.5. The molecule has 2 rings (SSSR count). The number of hydrogen-bond donors (Lipinski definition) is 1. The summed E-state index contributed by atoms with van der Waals surface area (Å²) in [7, 11) is 1.64. The Hall–Kier alpha value is -1.55. The van der Waals surface area contributed by atoms with Crippen LogP contribution in [0.15, 0.2) is 24.3 Å². The third-order valence-corrected chi connectivity index (χ3v) is 4.70. The Balaban J connectivity index is 2.14. The molecule has 2 unspecified atom stereocenters. The van der Waals surface area contributed by atoms with Crippen molar-refractivity contribution in [2.24, 2.45) is 5.41 Å². The maximum Gasteiger partial charge on any atom is 0.230 e. The fourth-order valence-electron chi connectivity index (χ4n) is 3.24. The van der Waals surface area contributed by atoms with Crippen molar-refractivity contribution in [2.75, 3.05) is 26.8 Å². The first-order valence-electron chi connectivity index (χ1n) is 8.06. The Labute approximate surface area is 133 Å². The van der Waals surface area contributed by atoms with Gasteiger partial charge in [-0.05, 0) is 37.0 Å². The van der Waals surface area contributed by atoms with Gasteiger partial charge in [-0.15, -0.1) is 0 Å². The van der Waals surface area contributed by atoms with Crippen molar-refractivity contribution in [3.63, 3.8) is 0 Å². The number of nitrogens with zero attached hydrogens (tertiary/aromatic N) is 1. The standard InChI is InChI=1S/C18H27NO3/c1-4-16(14-6-8-15(22-3)9-7-14)17(21)19-11-5-10-18(2,12-19)13-20/h6-9,16,20H,4-5,10-13H2,1-3H3. The minimum atomic E-state index is -0.161. The molecule has 1 aliphatic heterocycles. The van der Waals surface area contributed by atoms with Gasteiger partial charge in [-0.1, -0.05) is 26.0 Å². The fourth-order valence-corrected chi connectivity index (χ4v) is 3.24. The van der Waals surface area contributed by atoms with E-state index in [1.54, 1.807) is 7.11 Å². The van der Waals surface area contributed by atoms with E-state index in [9.17, 15) is 9.90 Å². The Morgan fingerprint density at radius 1 is 1.41 bits per heavy atom. The molecule has 1 N–H and O–H groups in total. The van der Waals surface area contributed by atoms with E-state index in [1.807, 2.05) is 36.1 Å². The minimum absolute atomic E-state index is 0.119. The SMILES string of the molecule is CCC(C(=O)N1CCCC(C)(CO)C1)c1ccc(OC)cc1. The van der Waals surface area contributed by atoms with E-state index in [2.05, 4.69) is 6.92 Å². The van der Waals surface area contributed by atoms with Gasteiger partial charge in [0, 0.05) is 18.5 Å². The molecular weight excluding hydrogens is 278 g/mol. The lowest BCUT2D eigenvalue weighted by Crippen LogP contribution is -2.47. The summed E-state index contributed by atoms with van der Waals surface area (Å²) in [5, 5.41) is 9.57. The Bertz CT molecular complexity index is 500. The van der Waals surface area contributed by atoms with Crippen LogP contribution in [0, 0.1) is 5.41 Å². The van der Waals surface area contributed by atoms with Gasteiger partial charge in [0.15, 0.2) is 0 Å². The van der Waals surface area contributed by atoms with E-state index in [4.69, 9.17) is 4.74 Å². The highest BCUT2D eigenvalue weighted by molar-refractivity contribution is 5.84. The molecule has 0 saturated carbocycles. The summed E-state index contributed by atoms with van der Waals surface area (Å²) in [5.41, 5.74) is 0.871. The van der Waals surface area contributed by atoms with Crippen molar-refractivity contribution in [2.45, 2.75) is 39.0 Å². The van der Waals surface area contributed by atoms with Crippen LogP contribution in [0.5, 0.6) is 5.75 Å². The van der Waals surface area contributed by atoms with E-state index >= 15 is 0 Å². The van der Waals surface area contributed by atoms with Crippen LogP contribution in [0.2, 0.25) is 0 Å². The number of hydrogen-bond acceptors (Lipinski definition) is 3. The zero-order valence-electron chi connectivity index (χ0n) is 13.8. The number of carbonyl (C=O) groups excluding carboxylic acids is 1. The molecule has 1 fully saturated rings.